The van der Waals surface area contributed by atoms with Crippen molar-refractivity contribution in [3.05, 3.63) is 40.1 Å². The number of thiophene rings is 1. The Kier molecular flexibility index (Phi) is 4.50. The second-order valence-corrected chi connectivity index (χ2v) is 8.76. The van der Waals surface area contributed by atoms with Crippen LogP contribution in [0, 0.1) is 12.8 Å². The Labute approximate surface area is 168 Å². The first-order valence-corrected chi connectivity index (χ1v) is 10.8. The summed E-state index contributed by atoms with van der Waals surface area (Å²) in [7, 11) is 0. The van der Waals surface area contributed by atoms with Gasteiger partial charge >= 0.3 is 0 Å². The van der Waals surface area contributed by atoms with E-state index >= 15 is 0 Å². The maximum atomic E-state index is 12.8. The van der Waals surface area contributed by atoms with Gasteiger partial charge in [0.2, 0.25) is 11.6 Å². The average Bonchev–Trinajstić information content (AvgIpc) is 3.35. The fraction of sp³-hybridized carbons (Fsp3) is 0.500. The molecule has 7 nitrogen and oxygen atoms in total. The van der Waals surface area contributed by atoms with Gasteiger partial charge in [-0.05, 0) is 49.1 Å². The molecule has 2 aliphatic heterocycles. The molecule has 146 valence electrons. The molecule has 1 saturated heterocycles. The molecule has 5 rings (SSSR count). The molecule has 0 atom stereocenters. The van der Waals surface area contributed by atoms with Crippen LogP contribution in [0.25, 0.3) is 5.65 Å². The number of amides is 1. The second kappa shape index (κ2) is 7.16. The summed E-state index contributed by atoms with van der Waals surface area (Å²) in [5.41, 5.74) is 2.15. The highest BCUT2D eigenvalue weighted by molar-refractivity contribution is 7.10. The van der Waals surface area contributed by atoms with Gasteiger partial charge in [0.15, 0.2) is 5.82 Å². The smallest absolute Gasteiger partial charge is 0.223 e. The van der Waals surface area contributed by atoms with Crippen LogP contribution in [0.4, 0.5) is 5.82 Å². The van der Waals surface area contributed by atoms with Crippen molar-refractivity contribution in [2.45, 2.75) is 39.2 Å². The third kappa shape index (κ3) is 3.15. The van der Waals surface area contributed by atoms with E-state index in [4.69, 9.17) is 0 Å². The number of hydrogen-bond acceptors (Lipinski definition) is 6. The lowest BCUT2D eigenvalue weighted by molar-refractivity contribution is -0.133. The van der Waals surface area contributed by atoms with Crippen molar-refractivity contribution in [3.8, 4) is 0 Å². The summed E-state index contributed by atoms with van der Waals surface area (Å²) < 4.78 is 1.98. The highest BCUT2D eigenvalue weighted by atomic mass is 32.1. The molecule has 5 heterocycles. The van der Waals surface area contributed by atoms with E-state index in [0.717, 1.165) is 62.7 Å². The SMILES string of the molecule is Cc1nnc2c(N3CCC(CC(=O)N4CCc5sccc5C4)CC3)nccn12. The number of aryl methyl sites for hydroxylation is 1. The van der Waals surface area contributed by atoms with Crippen LogP contribution in [0.5, 0.6) is 0 Å². The second-order valence-electron chi connectivity index (χ2n) is 7.76. The number of nitrogens with zero attached hydrogens (tertiary/aromatic N) is 6. The van der Waals surface area contributed by atoms with Crippen molar-refractivity contribution in [3.63, 3.8) is 0 Å². The molecule has 28 heavy (non-hydrogen) atoms. The maximum Gasteiger partial charge on any atom is 0.223 e. The molecule has 0 bridgehead atoms. The first kappa shape index (κ1) is 17.6. The standard InChI is InChI=1S/C20H24N6OS/c1-14-22-23-20-19(21-6-10-26(14)20)24-7-2-15(3-8-24)12-18(27)25-9-4-17-16(13-25)5-11-28-17/h5-6,10-11,15H,2-4,7-9,12-13H2,1H3. The molecule has 2 aliphatic rings. The predicted molar refractivity (Wildman–Crippen MR) is 109 cm³/mol. The summed E-state index contributed by atoms with van der Waals surface area (Å²) >= 11 is 1.81. The predicted octanol–water partition coefficient (Wildman–Crippen LogP) is 2.69. The van der Waals surface area contributed by atoms with Crippen LogP contribution >= 0.6 is 11.3 Å². The van der Waals surface area contributed by atoms with Crippen LogP contribution in [-0.4, -0.2) is 50.0 Å². The zero-order valence-corrected chi connectivity index (χ0v) is 16.9. The number of aromatic nitrogens is 4. The van der Waals surface area contributed by atoms with Gasteiger partial charge in [-0.1, -0.05) is 0 Å². The van der Waals surface area contributed by atoms with Crippen molar-refractivity contribution in [2.75, 3.05) is 24.5 Å². The topological polar surface area (TPSA) is 66.6 Å². The van der Waals surface area contributed by atoms with Crippen molar-refractivity contribution in [2.24, 2.45) is 5.92 Å². The molecule has 3 aromatic rings. The van der Waals surface area contributed by atoms with Gasteiger partial charge in [-0.3, -0.25) is 9.20 Å². The van der Waals surface area contributed by atoms with E-state index in [1.54, 1.807) is 0 Å². The Morgan fingerprint density at radius 1 is 1.25 bits per heavy atom. The molecule has 0 N–H and O–H groups in total. The summed E-state index contributed by atoms with van der Waals surface area (Å²) in [6.07, 6.45) is 7.40. The van der Waals surface area contributed by atoms with Crippen molar-refractivity contribution in [1.29, 1.82) is 0 Å². The van der Waals surface area contributed by atoms with E-state index in [1.165, 1.54) is 10.4 Å². The van der Waals surface area contributed by atoms with E-state index < -0.39 is 0 Å². The van der Waals surface area contributed by atoms with Gasteiger partial charge < -0.3 is 9.80 Å². The molecule has 0 unspecified atom stereocenters. The number of carbonyl (C=O) groups excluding carboxylic acids is 1. The Morgan fingerprint density at radius 2 is 2.11 bits per heavy atom. The molecule has 8 heteroatoms. The maximum absolute atomic E-state index is 12.8. The number of piperidine rings is 1. The summed E-state index contributed by atoms with van der Waals surface area (Å²) in [6, 6.07) is 2.16. The van der Waals surface area contributed by atoms with Crippen molar-refractivity contribution in [1.82, 2.24) is 24.5 Å². The van der Waals surface area contributed by atoms with Gasteiger partial charge in [0.05, 0.1) is 0 Å². The van der Waals surface area contributed by atoms with E-state index in [0.29, 0.717) is 18.2 Å². The fourth-order valence-electron chi connectivity index (χ4n) is 4.34. The summed E-state index contributed by atoms with van der Waals surface area (Å²) in [6.45, 7) is 5.41. The van der Waals surface area contributed by atoms with Crippen LogP contribution in [0.15, 0.2) is 23.8 Å². The average molecular weight is 397 g/mol. The number of anilines is 1. The Bertz CT molecular complexity index is 1000. The minimum Gasteiger partial charge on any atom is -0.353 e. The first-order chi connectivity index (χ1) is 13.7. The van der Waals surface area contributed by atoms with Gasteiger partial charge in [0.25, 0.3) is 0 Å². The number of carbonyl (C=O) groups is 1. The summed E-state index contributed by atoms with van der Waals surface area (Å²) in [5.74, 6) is 2.53. The third-order valence-electron chi connectivity index (χ3n) is 6.02. The number of rotatable bonds is 3. The molecule has 0 radical (unpaired) electrons. The van der Waals surface area contributed by atoms with E-state index in [1.807, 2.05) is 40.0 Å². The largest absolute Gasteiger partial charge is 0.353 e. The van der Waals surface area contributed by atoms with E-state index in [2.05, 4.69) is 31.5 Å². The summed E-state index contributed by atoms with van der Waals surface area (Å²) in [5, 5.41) is 10.6. The Balaban J connectivity index is 1.20. The molecule has 1 fully saturated rings. The van der Waals surface area contributed by atoms with Gasteiger partial charge in [-0.25, -0.2) is 4.98 Å². The quantitative estimate of drug-likeness (QED) is 0.681. The van der Waals surface area contributed by atoms with Gasteiger partial charge in [-0.15, -0.1) is 21.5 Å². The molecule has 0 aromatic carbocycles. The highest BCUT2D eigenvalue weighted by Crippen LogP contribution is 2.29. The van der Waals surface area contributed by atoms with Crippen LogP contribution < -0.4 is 4.90 Å². The van der Waals surface area contributed by atoms with E-state index in [9.17, 15) is 4.79 Å². The normalized spacial score (nSPS) is 17.9. The zero-order chi connectivity index (χ0) is 19.1. The van der Waals surface area contributed by atoms with Gasteiger partial charge in [0, 0.05) is 49.9 Å². The van der Waals surface area contributed by atoms with Crippen molar-refractivity contribution < 1.29 is 4.79 Å². The molecule has 0 spiro atoms. The zero-order valence-electron chi connectivity index (χ0n) is 16.0. The molecular formula is C20H24N6OS. The minimum atomic E-state index is 0.309. The molecule has 0 aliphatic carbocycles. The van der Waals surface area contributed by atoms with Crippen molar-refractivity contribution >= 4 is 28.7 Å². The Morgan fingerprint density at radius 3 is 2.96 bits per heavy atom. The summed E-state index contributed by atoms with van der Waals surface area (Å²) in [4.78, 5) is 23.1. The molecule has 3 aromatic heterocycles. The third-order valence-corrected chi connectivity index (χ3v) is 7.04. The molecular weight excluding hydrogens is 372 g/mol. The van der Waals surface area contributed by atoms with Crippen LogP contribution in [-0.2, 0) is 17.8 Å². The first-order valence-electron chi connectivity index (χ1n) is 9.93. The minimum absolute atomic E-state index is 0.309. The van der Waals surface area contributed by atoms with E-state index in [-0.39, 0.29) is 0 Å². The highest BCUT2D eigenvalue weighted by Gasteiger charge is 2.27. The number of hydrogen-bond donors (Lipinski definition) is 0. The molecule has 0 saturated carbocycles. The van der Waals surface area contributed by atoms with Gasteiger partial charge in [0.1, 0.15) is 5.82 Å². The van der Waals surface area contributed by atoms with Gasteiger partial charge in [-0.2, -0.15) is 0 Å². The number of fused-ring (bicyclic) bond motifs is 2. The lowest BCUT2D eigenvalue weighted by Gasteiger charge is -2.34. The monoisotopic (exact) mass is 396 g/mol. The van der Waals surface area contributed by atoms with Crippen LogP contribution in [0.1, 0.15) is 35.5 Å². The lowest BCUT2D eigenvalue weighted by Crippen LogP contribution is -2.39. The van der Waals surface area contributed by atoms with Crippen LogP contribution in [0.2, 0.25) is 0 Å². The lowest BCUT2D eigenvalue weighted by atomic mass is 9.92. The molecule has 1 amide bonds. The fourth-order valence-corrected chi connectivity index (χ4v) is 5.23. The van der Waals surface area contributed by atoms with Crippen LogP contribution in [0.3, 0.4) is 0 Å². The Hall–Kier alpha value is -2.48.